The third-order valence-corrected chi connectivity index (χ3v) is 7.04. The lowest BCUT2D eigenvalue weighted by molar-refractivity contribution is 0.0727. The molecular formula is C16H12Br2OS. The number of halogens is 2. The van der Waals surface area contributed by atoms with E-state index >= 15 is 0 Å². The molecule has 2 heterocycles. The third-order valence-electron chi connectivity index (χ3n) is 3.90. The Hall–Kier alpha value is -0.290. The van der Waals surface area contributed by atoms with E-state index < -0.39 is 0 Å². The van der Waals surface area contributed by atoms with Gasteiger partial charge in [-0.3, -0.25) is 0 Å². The molecule has 0 spiro atoms. The van der Waals surface area contributed by atoms with E-state index in [1.54, 1.807) is 0 Å². The molecule has 0 unspecified atom stereocenters. The van der Waals surface area contributed by atoms with Crippen molar-refractivity contribution < 1.29 is 4.74 Å². The average Bonchev–Trinajstić information content (AvgIpc) is 2.99. The molecular weight excluding hydrogens is 400 g/mol. The number of thioether (sulfide) groups is 1. The zero-order valence-corrected chi connectivity index (χ0v) is 14.5. The number of ether oxygens (including phenoxy) is 1. The van der Waals surface area contributed by atoms with Gasteiger partial charge in [0.1, 0.15) is 0 Å². The quantitative estimate of drug-likeness (QED) is 0.609. The van der Waals surface area contributed by atoms with Crippen molar-refractivity contribution in [1.29, 1.82) is 0 Å². The van der Waals surface area contributed by atoms with Gasteiger partial charge in [-0.2, -0.15) is 0 Å². The smallest absolute Gasteiger partial charge is 0.0960 e. The summed E-state index contributed by atoms with van der Waals surface area (Å²) < 4.78 is 8.39. The van der Waals surface area contributed by atoms with Gasteiger partial charge < -0.3 is 4.74 Å². The van der Waals surface area contributed by atoms with E-state index in [0.29, 0.717) is 5.25 Å². The van der Waals surface area contributed by atoms with Gasteiger partial charge in [-0.25, -0.2) is 0 Å². The van der Waals surface area contributed by atoms with Crippen molar-refractivity contribution in [3.8, 4) is 0 Å². The SMILES string of the molecule is Brc1cc2c(cc1Br)[C@@H]1O[C@H]2C[C@H]1Sc1ccccc1. The maximum Gasteiger partial charge on any atom is 0.0960 e. The van der Waals surface area contributed by atoms with Crippen LogP contribution in [0.3, 0.4) is 0 Å². The van der Waals surface area contributed by atoms with Gasteiger partial charge >= 0.3 is 0 Å². The van der Waals surface area contributed by atoms with Gasteiger partial charge in [0.05, 0.1) is 12.2 Å². The fourth-order valence-electron chi connectivity index (χ4n) is 3.02. The minimum absolute atomic E-state index is 0.226. The van der Waals surface area contributed by atoms with Crippen molar-refractivity contribution in [1.82, 2.24) is 0 Å². The number of hydrogen-bond donors (Lipinski definition) is 0. The van der Waals surface area contributed by atoms with Crippen LogP contribution in [0.15, 0.2) is 56.3 Å². The molecule has 3 atom stereocenters. The van der Waals surface area contributed by atoms with Crippen LogP contribution >= 0.6 is 43.6 Å². The van der Waals surface area contributed by atoms with Gasteiger partial charge in [0.2, 0.25) is 0 Å². The Labute approximate surface area is 139 Å². The van der Waals surface area contributed by atoms with Crippen molar-refractivity contribution in [3.05, 3.63) is 62.5 Å². The summed E-state index contributed by atoms with van der Waals surface area (Å²) in [4.78, 5) is 1.33. The Kier molecular flexibility index (Phi) is 3.45. The molecule has 0 N–H and O–H groups in total. The van der Waals surface area contributed by atoms with Crippen LogP contribution in [0.4, 0.5) is 0 Å². The summed E-state index contributed by atoms with van der Waals surface area (Å²) in [5.74, 6) is 0. The maximum atomic E-state index is 6.18. The topological polar surface area (TPSA) is 9.23 Å². The van der Waals surface area contributed by atoms with Gasteiger partial charge in [0.25, 0.3) is 0 Å². The Morgan fingerprint density at radius 1 is 1.00 bits per heavy atom. The lowest BCUT2D eigenvalue weighted by Crippen LogP contribution is -2.12. The highest BCUT2D eigenvalue weighted by atomic mass is 79.9. The van der Waals surface area contributed by atoms with Crippen LogP contribution < -0.4 is 0 Å². The van der Waals surface area contributed by atoms with E-state index in [0.717, 1.165) is 15.4 Å². The first-order valence-electron chi connectivity index (χ1n) is 6.58. The standard InChI is InChI=1S/C16H12Br2OS/c17-12-6-10-11(7-13(12)18)16-15(8-14(10)19-16)20-9-4-2-1-3-5-9/h1-7,14-16H,8H2/t14-,15+,16-/m0/s1. The molecule has 1 fully saturated rings. The van der Waals surface area contributed by atoms with E-state index in [-0.39, 0.29) is 12.2 Å². The van der Waals surface area contributed by atoms with Gasteiger partial charge in [-0.1, -0.05) is 18.2 Å². The number of rotatable bonds is 2. The van der Waals surface area contributed by atoms with Crippen molar-refractivity contribution in [3.63, 3.8) is 0 Å². The van der Waals surface area contributed by atoms with E-state index in [9.17, 15) is 0 Å². The first-order valence-corrected chi connectivity index (χ1v) is 9.05. The largest absolute Gasteiger partial charge is 0.364 e. The van der Waals surface area contributed by atoms with Crippen molar-refractivity contribution in [2.75, 3.05) is 0 Å². The highest BCUT2D eigenvalue weighted by molar-refractivity contribution is 9.13. The molecule has 1 nitrogen and oxygen atoms in total. The molecule has 2 aromatic carbocycles. The highest BCUT2D eigenvalue weighted by Gasteiger charge is 2.45. The number of hydrogen-bond acceptors (Lipinski definition) is 2. The molecule has 20 heavy (non-hydrogen) atoms. The summed E-state index contributed by atoms with van der Waals surface area (Å²) in [6.07, 6.45) is 1.59. The van der Waals surface area contributed by atoms with Crippen molar-refractivity contribution in [2.24, 2.45) is 0 Å². The van der Waals surface area contributed by atoms with Crippen molar-refractivity contribution in [2.45, 2.75) is 28.8 Å². The molecule has 0 radical (unpaired) electrons. The average molecular weight is 412 g/mol. The Morgan fingerprint density at radius 2 is 1.70 bits per heavy atom. The second-order valence-electron chi connectivity index (χ2n) is 5.15. The molecule has 0 saturated carbocycles. The minimum atomic E-state index is 0.226. The summed E-state index contributed by atoms with van der Waals surface area (Å²) in [7, 11) is 0. The predicted molar refractivity (Wildman–Crippen MR) is 89.1 cm³/mol. The van der Waals surface area contributed by atoms with Crippen LogP contribution in [0.1, 0.15) is 29.8 Å². The molecule has 4 rings (SSSR count). The monoisotopic (exact) mass is 410 g/mol. The van der Waals surface area contributed by atoms with E-state index in [4.69, 9.17) is 4.74 Å². The van der Waals surface area contributed by atoms with Crippen LogP contribution in [0, 0.1) is 0 Å². The fraction of sp³-hybridized carbons (Fsp3) is 0.250. The first kappa shape index (κ1) is 13.4. The Morgan fingerprint density at radius 3 is 2.45 bits per heavy atom. The van der Waals surface area contributed by atoms with E-state index in [1.807, 2.05) is 11.8 Å². The zero-order valence-electron chi connectivity index (χ0n) is 10.6. The molecule has 0 aromatic heterocycles. The summed E-state index contributed by atoms with van der Waals surface area (Å²) in [6.45, 7) is 0. The van der Waals surface area contributed by atoms with Crippen LogP contribution in [0.5, 0.6) is 0 Å². The van der Waals surface area contributed by atoms with Crippen LogP contribution in [0.2, 0.25) is 0 Å². The molecule has 2 aromatic rings. The third kappa shape index (κ3) is 2.17. The summed E-state index contributed by atoms with van der Waals surface area (Å²) in [6, 6.07) is 15.0. The fourth-order valence-corrected chi connectivity index (χ4v) is 5.01. The highest BCUT2D eigenvalue weighted by Crippen LogP contribution is 2.56. The van der Waals surface area contributed by atoms with Crippen molar-refractivity contribution >= 4 is 43.6 Å². The van der Waals surface area contributed by atoms with E-state index in [1.165, 1.54) is 16.0 Å². The van der Waals surface area contributed by atoms with Gasteiger partial charge in [0, 0.05) is 19.1 Å². The molecule has 2 aliphatic rings. The van der Waals surface area contributed by atoms with Gasteiger partial charge in [-0.15, -0.1) is 11.8 Å². The number of benzene rings is 2. The second-order valence-corrected chi connectivity index (χ2v) is 8.17. The molecule has 1 saturated heterocycles. The second kappa shape index (κ2) is 5.16. The molecule has 0 amide bonds. The Balaban J connectivity index is 1.64. The molecule has 2 aliphatic heterocycles. The summed E-state index contributed by atoms with van der Waals surface area (Å²) in [5, 5.41) is 0.517. The van der Waals surface area contributed by atoms with Crippen LogP contribution in [0.25, 0.3) is 0 Å². The molecule has 4 heteroatoms. The summed E-state index contributed by atoms with van der Waals surface area (Å²) >= 11 is 9.12. The molecule has 0 aliphatic carbocycles. The lowest BCUT2D eigenvalue weighted by atomic mass is 9.91. The zero-order chi connectivity index (χ0) is 13.7. The van der Waals surface area contributed by atoms with Crippen LogP contribution in [-0.4, -0.2) is 5.25 Å². The maximum absolute atomic E-state index is 6.18. The first-order chi connectivity index (χ1) is 9.72. The lowest BCUT2D eigenvalue weighted by Gasteiger charge is -2.21. The minimum Gasteiger partial charge on any atom is -0.364 e. The summed E-state index contributed by atoms with van der Waals surface area (Å²) in [5.41, 5.74) is 2.71. The van der Waals surface area contributed by atoms with Gasteiger partial charge in [0.15, 0.2) is 0 Å². The van der Waals surface area contributed by atoms with Gasteiger partial charge in [-0.05, 0) is 73.7 Å². The predicted octanol–water partition coefficient (Wildman–Crippen LogP) is 5.89. The van der Waals surface area contributed by atoms with E-state index in [2.05, 4.69) is 74.3 Å². The molecule has 2 bridgehead atoms. The Bertz CT molecular complexity index is 659. The number of fused-ring (bicyclic) bond motifs is 5. The normalized spacial score (nSPS) is 26.8. The molecule has 102 valence electrons. The van der Waals surface area contributed by atoms with Crippen LogP contribution in [-0.2, 0) is 4.74 Å².